The van der Waals surface area contributed by atoms with Crippen molar-refractivity contribution >= 4 is 5.78 Å². The zero-order valence-corrected chi connectivity index (χ0v) is 10.7. The van der Waals surface area contributed by atoms with Gasteiger partial charge in [0.25, 0.3) is 0 Å². The van der Waals surface area contributed by atoms with Crippen LogP contribution in [0.1, 0.15) is 30.9 Å². The molecule has 0 unspecified atom stereocenters. The minimum Gasteiger partial charge on any atom is -0.493 e. The summed E-state index contributed by atoms with van der Waals surface area (Å²) in [6.45, 7) is 3.79. The molecule has 1 aromatic rings. The highest BCUT2D eigenvalue weighted by Gasteiger charge is 2.41. The number of rotatable bonds is 3. The van der Waals surface area contributed by atoms with E-state index in [1.54, 1.807) is 6.92 Å². The Kier molecular flexibility index (Phi) is 2.86. The number of ketones is 1. The summed E-state index contributed by atoms with van der Waals surface area (Å²) in [5.41, 5.74) is 2.42. The molecule has 96 valence electrons. The van der Waals surface area contributed by atoms with Crippen molar-refractivity contribution < 1.29 is 14.3 Å². The van der Waals surface area contributed by atoms with E-state index in [4.69, 9.17) is 9.47 Å². The summed E-state index contributed by atoms with van der Waals surface area (Å²) in [5, 5.41) is 0. The Morgan fingerprint density at radius 1 is 1.39 bits per heavy atom. The molecule has 0 N–H and O–H groups in total. The lowest BCUT2D eigenvalue weighted by atomic mass is 9.74. The van der Waals surface area contributed by atoms with Crippen LogP contribution in [0.3, 0.4) is 0 Å². The van der Waals surface area contributed by atoms with Crippen LogP contribution >= 0.6 is 0 Å². The third-order valence-corrected chi connectivity index (χ3v) is 3.86. The number of fused-ring (bicyclic) bond motifs is 1. The van der Waals surface area contributed by atoms with Gasteiger partial charge in [0.1, 0.15) is 11.5 Å². The number of carbonyl (C=O) groups is 1. The Morgan fingerprint density at radius 2 is 2.22 bits per heavy atom. The summed E-state index contributed by atoms with van der Waals surface area (Å²) >= 11 is 0. The molecule has 3 nitrogen and oxygen atoms in total. The van der Waals surface area contributed by atoms with Crippen LogP contribution in [0.25, 0.3) is 0 Å². The predicted octanol–water partition coefficient (Wildman–Crippen LogP) is 2.26. The molecule has 2 aliphatic rings. The van der Waals surface area contributed by atoms with Crippen molar-refractivity contribution in [2.45, 2.75) is 31.6 Å². The van der Waals surface area contributed by atoms with Gasteiger partial charge in [-0.15, -0.1) is 0 Å². The van der Waals surface area contributed by atoms with E-state index >= 15 is 0 Å². The molecular formula is C15H18O3. The topological polar surface area (TPSA) is 35.5 Å². The van der Waals surface area contributed by atoms with Gasteiger partial charge >= 0.3 is 0 Å². The van der Waals surface area contributed by atoms with Gasteiger partial charge in [-0.2, -0.15) is 0 Å². The lowest BCUT2D eigenvalue weighted by molar-refractivity contribution is -0.125. The third-order valence-electron chi connectivity index (χ3n) is 3.86. The van der Waals surface area contributed by atoms with Crippen LogP contribution < -0.4 is 4.74 Å². The van der Waals surface area contributed by atoms with E-state index in [1.807, 2.05) is 6.07 Å². The number of aryl methyl sites for hydroxylation is 1. The maximum Gasteiger partial charge on any atom is 0.130 e. The van der Waals surface area contributed by atoms with E-state index < -0.39 is 0 Å². The van der Waals surface area contributed by atoms with Crippen LogP contribution in [0, 0.1) is 0 Å². The van der Waals surface area contributed by atoms with E-state index in [-0.39, 0.29) is 11.2 Å². The number of benzene rings is 1. The van der Waals surface area contributed by atoms with Crippen molar-refractivity contribution in [2.75, 3.05) is 19.8 Å². The number of Topliss-reactive ketones (excluding diaryl/α,β-unsaturated/α-hetero) is 1. The maximum absolute atomic E-state index is 11.4. The molecule has 0 atom stereocenters. The Balaban J connectivity index is 1.93. The largest absolute Gasteiger partial charge is 0.493 e. The highest BCUT2D eigenvalue weighted by atomic mass is 16.5. The Labute approximate surface area is 107 Å². The van der Waals surface area contributed by atoms with Gasteiger partial charge < -0.3 is 9.47 Å². The smallest absolute Gasteiger partial charge is 0.130 e. The minimum atomic E-state index is -0.0850. The van der Waals surface area contributed by atoms with E-state index in [0.717, 1.165) is 25.2 Å². The maximum atomic E-state index is 11.4. The van der Waals surface area contributed by atoms with Crippen molar-refractivity contribution in [3.63, 3.8) is 0 Å². The predicted molar refractivity (Wildman–Crippen MR) is 68.1 cm³/mol. The summed E-state index contributed by atoms with van der Waals surface area (Å²) in [5.74, 6) is 1.23. The van der Waals surface area contributed by atoms with Crippen LogP contribution in [0.4, 0.5) is 0 Å². The van der Waals surface area contributed by atoms with Crippen molar-refractivity contribution in [3.05, 3.63) is 29.3 Å². The van der Waals surface area contributed by atoms with Gasteiger partial charge in [-0.05, 0) is 37.0 Å². The van der Waals surface area contributed by atoms with E-state index in [0.29, 0.717) is 19.6 Å². The number of hydrogen-bond acceptors (Lipinski definition) is 3. The first kappa shape index (κ1) is 11.7. The fraction of sp³-hybridized carbons (Fsp3) is 0.533. The quantitative estimate of drug-likeness (QED) is 0.820. The van der Waals surface area contributed by atoms with Crippen LogP contribution in [0.2, 0.25) is 0 Å². The summed E-state index contributed by atoms with van der Waals surface area (Å²) < 4.78 is 11.0. The molecule has 0 bridgehead atoms. The third kappa shape index (κ3) is 1.93. The van der Waals surface area contributed by atoms with Gasteiger partial charge in [0.05, 0.1) is 19.8 Å². The standard InChI is InChI=1S/C15H18O3/c1-11(16)8-15(9-17-10-15)13-4-5-14-12(7-13)3-2-6-18-14/h4-5,7H,2-3,6,8-10H2,1H3. The van der Waals surface area contributed by atoms with Crippen molar-refractivity contribution in [1.29, 1.82) is 0 Å². The van der Waals surface area contributed by atoms with E-state index in [1.165, 1.54) is 11.1 Å². The fourth-order valence-electron chi connectivity index (χ4n) is 2.89. The van der Waals surface area contributed by atoms with Crippen LogP contribution in [0.15, 0.2) is 18.2 Å². The number of ether oxygens (including phenoxy) is 2. The Bertz CT molecular complexity index is 475. The lowest BCUT2D eigenvalue weighted by Crippen LogP contribution is -2.48. The molecule has 2 heterocycles. The molecular weight excluding hydrogens is 228 g/mol. The molecule has 0 aliphatic carbocycles. The SMILES string of the molecule is CC(=O)CC1(c2ccc3c(c2)CCCO3)COC1. The summed E-state index contributed by atoms with van der Waals surface area (Å²) in [6, 6.07) is 6.35. The van der Waals surface area contributed by atoms with E-state index in [2.05, 4.69) is 12.1 Å². The molecule has 1 fully saturated rings. The summed E-state index contributed by atoms with van der Waals surface area (Å²) in [6.07, 6.45) is 2.72. The Morgan fingerprint density at radius 3 is 2.89 bits per heavy atom. The molecule has 1 aromatic carbocycles. The zero-order chi connectivity index (χ0) is 12.6. The normalized spacial score (nSPS) is 20.5. The lowest BCUT2D eigenvalue weighted by Gasteiger charge is -2.42. The highest BCUT2D eigenvalue weighted by molar-refractivity contribution is 5.77. The first-order valence-corrected chi connectivity index (χ1v) is 6.53. The Hall–Kier alpha value is -1.35. The van der Waals surface area contributed by atoms with Gasteiger partial charge in [-0.1, -0.05) is 12.1 Å². The average Bonchev–Trinajstić information content (AvgIpc) is 2.33. The second kappa shape index (κ2) is 4.39. The van der Waals surface area contributed by atoms with Crippen molar-refractivity contribution in [2.24, 2.45) is 0 Å². The summed E-state index contributed by atoms with van der Waals surface area (Å²) in [7, 11) is 0. The van der Waals surface area contributed by atoms with Gasteiger partial charge in [0.2, 0.25) is 0 Å². The van der Waals surface area contributed by atoms with Crippen LogP contribution in [-0.2, 0) is 21.4 Å². The molecule has 0 amide bonds. The average molecular weight is 246 g/mol. The summed E-state index contributed by atoms with van der Waals surface area (Å²) in [4.78, 5) is 11.4. The molecule has 0 aromatic heterocycles. The minimum absolute atomic E-state index is 0.0850. The van der Waals surface area contributed by atoms with Crippen LogP contribution in [0.5, 0.6) is 5.75 Å². The zero-order valence-electron chi connectivity index (χ0n) is 10.7. The number of carbonyl (C=O) groups excluding carboxylic acids is 1. The second-order valence-electron chi connectivity index (χ2n) is 5.43. The van der Waals surface area contributed by atoms with Gasteiger partial charge in [-0.25, -0.2) is 0 Å². The van der Waals surface area contributed by atoms with Gasteiger partial charge in [0, 0.05) is 11.8 Å². The van der Waals surface area contributed by atoms with E-state index in [9.17, 15) is 4.79 Å². The molecule has 0 radical (unpaired) electrons. The molecule has 18 heavy (non-hydrogen) atoms. The molecule has 0 saturated carbocycles. The molecule has 2 aliphatic heterocycles. The molecule has 3 heteroatoms. The highest BCUT2D eigenvalue weighted by Crippen LogP contribution is 2.38. The van der Waals surface area contributed by atoms with Crippen molar-refractivity contribution in [3.8, 4) is 5.75 Å². The molecule has 3 rings (SSSR count). The molecule has 1 saturated heterocycles. The van der Waals surface area contributed by atoms with Crippen molar-refractivity contribution in [1.82, 2.24) is 0 Å². The van der Waals surface area contributed by atoms with Gasteiger partial charge in [0.15, 0.2) is 0 Å². The van der Waals surface area contributed by atoms with Crippen LogP contribution in [-0.4, -0.2) is 25.6 Å². The first-order chi connectivity index (χ1) is 8.70. The monoisotopic (exact) mass is 246 g/mol. The number of hydrogen-bond donors (Lipinski definition) is 0. The molecule has 0 spiro atoms. The van der Waals surface area contributed by atoms with Gasteiger partial charge in [-0.3, -0.25) is 4.79 Å². The first-order valence-electron chi connectivity index (χ1n) is 6.53. The second-order valence-corrected chi connectivity index (χ2v) is 5.43. The fourth-order valence-corrected chi connectivity index (χ4v) is 2.89.